The third kappa shape index (κ3) is 24.2. The Morgan fingerprint density at radius 2 is 0.558 bits per heavy atom. The van der Waals surface area contributed by atoms with Gasteiger partial charge in [-0.15, -0.1) is 215 Å². The van der Waals surface area contributed by atoms with Crippen LogP contribution in [0.3, 0.4) is 0 Å². The quantitative estimate of drug-likeness (QED) is 0.101. The number of hydrogen-bond acceptors (Lipinski definition) is 6. The average molecular weight is 1900 g/mol. The molecule has 3 radical (unpaired) electrons. The molecule has 0 fully saturated rings. The third-order valence-electron chi connectivity index (χ3n) is 15.6. The monoisotopic (exact) mass is 1900 g/mol. The number of pyridine rings is 6. The Hall–Kier alpha value is -10.2. The molecule has 0 bridgehead atoms. The van der Waals surface area contributed by atoms with Gasteiger partial charge in [0.2, 0.25) is 0 Å². The SMILES string of the molecule is CCc1cc(-c2[c-]cccc2)ncc1-c1ccccc1.[2H]C([2H])(C)c1ccc(-c2[c-]cccc2)nc1.[2H]C([2H])(C)c1ccc(-c2[c-]cccc2)nc1.[2H]C([2H])(C)c1ccc(-c2[c-]cccc2)nc1.[2H]C([2H])([2H])C([2H])([2H])c1cc(-c2[c-]cccc2)ncc1-c1ccccc1.[2H]C([2H])([2H])c1cc(-c2[c-]cccc2)ncc1-c1ccccc1.[Ir].[Ir].[Ir]. The van der Waals surface area contributed by atoms with Crippen molar-refractivity contribution in [1.29, 1.82) is 0 Å². The first-order valence-electron chi connectivity index (χ1n) is 39.8. The van der Waals surface area contributed by atoms with E-state index in [4.69, 9.17) is 19.2 Å². The standard InChI is InChI=1S/2C19H16N.C18H14N.3C13H12N.3Ir/c2*1-2-15-13-19(17-11-7-4-8-12-17)20-14-18(15)16-9-5-3-6-10-16;1-14-12-18(16-10-6-3-7-11-16)19-13-17(14)15-8-4-2-5-9-15;3*1-2-11-8-9-13(14-10-11)12-6-4-3-5-7-12;;;/h2*3-11,13-14H,2H2,1H3;2-10,12-13H,1H3;3*3-6,8-10H,2H2,1H3;;;/q6*-1;;;/i1D3,2D2;;1D3;3*2D2;;;. The average Bonchev–Trinajstić information content (AvgIpc) is 0.763. The second-order valence-electron chi connectivity index (χ2n) is 22.2. The molecule has 6 heterocycles. The molecule has 0 saturated heterocycles. The molecule has 104 heavy (non-hydrogen) atoms. The van der Waals surface area contributed by atoms with Crippen molar-refractivity contribution < 1.29 is 79.5 Å². The predicted octanol–water partition coefficient (Wildman–Crippen LogP) is 23.4. The molecule has 0 aliphatic carbocycles. The second-order valence-corrected chi connectivity index (χ2v) is 22.2. The molecule has 0 unspecified atom stereocenters. The van der Waals surface area contributed by atoms with Crippen LogP contribution in [0.4, 0.5) is 0 Å². The zero-order valence-electron chi connectivity index (χ0n) is 71.6. The summed E-state index contributed by atoms with van der Waals surface area (Å²) in [5.41, 5.74) is 18.4. The Kier molecular flexibility index (Phi) is 26.6. The van der Waals surface area contributed by atoms with E-state index in [1.165, 1.54) is 49.7 Å². The minimum Gasteiger partial charge on any atom is -0.304 e. The number of nitrogens with zero attached hydrogens (tertiary/aromatic N) is 6. The van der Waals surface area contributed by atoms with Crippen LogP contribution < -0.4 is 0 Å². The molecule has 0 atom stereocenters. The minimum atomic E-state index is -2.80. The topological polar surface area (TPSA) is 77.3 Å². The van der Waals surface area contributed by atoms with E-state index in [0.717, 1.165) is 68.1 Å². The number of benzene rings is 9. The van der Waals surface area contributed by atoms with Gasteiger partial charge in [-0.2, -0.15) is 0 Å². The summed E-state index contributed by atoms with van der Waals surface area (Å²) in [6.45, 7) is 1.77. The number of rotatable bonds is 14. The molecule has 0 saturated carbocycles. The van der Waals surface area contributed by atoms with Gasteiger partial charge in [0.05, 0.1) is 0 Å². The first-order valence-corrected chi connectivity index (χ1v) is 32.8. The van der Waals surface area contributed by atoms with Gasteiger partial charge >= 0.3 is 0 Å². The molecule has 15 aromatic rings. The van der Waals surface area contributed by atoms with Crippen LogP contribution in [0, 0.1) is 43.3 Å². The Morgan fingerprint density at radius 3 is 0.837 bits per heavy atom. The maximum atomic E-state index is 8.23. The molecule has 9 aromatic carbocycles. The normalized spacial score (nSPS) is 12.8. The number of aromatic nitrogens is 6. The molecule has 9 heteroatoms. The molecule has 15 rings (SSSR count). The number of hydrogen-bond donors (Lipinski definition) is 0. The van der Waals surface area contributed by atoms with E-state index >= 15 is 0 Å². The van der Waals surface area contributed by atoms with Crippen LogP contribution in [0.15, 0.2) is 328 Å². The van der Waals surface area contributed by atoms with E-state index in [9.17, 15) is 0 Å². The molecule has 0 aliphatic heterocycles. The van der Waals surface area contributed by atoms with Crippen LogP contribution in [0.2, 0.25) is 0 Å². The van der Waals surface area contributed by atoms with Crippen LogP contribution in [0.25, 0.3) is 101 Å². The summed E-state index contributed by atoms with van der Waals surface area (Å²) in [7, 11) is 0. The van der Waals surface area contributed by atoms with E-state index in [0.29, 0.717) is 50.3 Å². The van der Waals surface area contributed by atoms with Gasteiger partial charge in [0.25, 0.3) is 0 Å². The molecule has 0 N–H and O–H groups in total. The minimum absolute atomic E-state index is 0. The van der Waals surface area contributed by atoms with Crippen molar-refractivity contribution in [3.63, 3.8) is 0 Å². The van der Waals surface area contributed by atoms with Gasteiger partial charge in [-0.25, -0.2) is 0 Å². The van der Waals surface area contributed by atoms with Crippen molar-refractivity contribution in [3.8, 4) is 101 Å². The molecule has 6 aromatic heterocycles. The predicted molar refractivity (Wildman–Crippen MR) is 419 cm³/mol. The Balaban J connectivity index is 0.000000196. The van der Waals surface area contributed by atoms with Crippen molar-refractivity contribution in [1.82, 2.24) is 29.9 Å². The van der Waals surface area contributed by atoms with Crippen molar-refractivity contribution in [2.75, 3.05) is 0 Å². The fourth-order valence-electron chi connectivity index (χ4n) is 10.2. The summed E-state index contributed by atoms with van der Waals surface area (Å²) >= 11 is 0. The van der Waals surface area contributed by atoms with Gasteiger partial charge in [0.1, 0.15) is 0 Å². The molecule has 6 nitrogen and oxygen atoms in total. The van der Waals surface area contributed by atoms with Gasteiger partial charge in [-0.05, 0) is 123 Å². The van der Waals surface area contributed by atoms with Crippen molar-refractivity contribution >= 4 is 0 Å². The Bertz CT molecular complexity index is 5250. The zero-order valence-corrected chi connectivity index (χ0v) is 64.8. The molecule has 0 spiro atoms. The van der Waals surface area contributed by atoms with Crippen LogP contribution >= 0.6 is 0 Å². The molecular formula is C95H82Ir3N6-6. The summed E-state index contributed by atoms with van der Waals surface area (Å²) in [6, 6.07) is 109. The first kappa shape index (κ1) is 62.4. The fraction of sp³-hybridized carbons (Fsp3) is 0.116. The second kappa shape index (κ2) is 44.4. The van der Waals surface area contributed by atoms with Crippen LogP contribution in [0.5, 0.6) is 0 Å². The summed E-state index contributed by atoms with van der Waals surface area (Å²) < 4.78 is 108. The van der Waals surface area contributed by atoms with Gasteiger partial charge in [-0.3, -0.25) is 0 Å². The van der Waals surface area contributed by atoms with E-state index in [2.05, 4.69) is 104 Å². The fourth-order valence-corrected chi connectivity index (χ4v) is 10.2. The zero-order chi connectivity index (χ0) is 82.2. The van der Waals surface area contributed by atoms with Crippen LogP contribution in [0.1, 0.15) is 87.1 Å². The third-order valence-corrected chi connectivity index (χ3v) is 15.6. The number of aryl methyl sites for hydroxylation is 6. The largest absolute Gasteiger partial charge is 0.304 e. The van der Waals surface area contributed by atoms with Gasteiger partial charge in [0.15, 0.2) is 0 Å². The van der Waals surface area contributed by atoms with Gasteiger partial charge in [-0.1, -0.05) is 180 Å². The van der Waals surface area contributed by atoms with Crippen molar-refractivity contribution in [2.24, 2.45) is 0 Å². The van der Waals surface area contributed by atoms with E-state index in [1.807, 2.05) is 219 Å². The Morgan fingerprint density at radius 1 is 0.279 bits per heavy atom. The molecule has 0 aliphatic rings. The summed E-state index contributed by atoms with van der Waals surface area (Å²) in [5.74, 6) is 0. The summed E-state index contributed by atoms with van der Waals surface area (Å²) in [6.07, 6.45) is 4.34. The van der Waals surface area contributed by atoms with E-state index in [-0.39, 0.29) is 65.9 Å². The summed E-state index contributed by atoms with van der Waals surface area (Å²) in [5, 5.41) is 0. The Labute approximate surface area is 677 Å². The van der Waals surface area contributed by atoms with E-state index < -0.39 is 39.2 Å². The first-order chi connectivity index (χ1) is 55.0. The van der Waals surface area contributed by atoms with Crippen molar-refractivity contribution in [3.05, 3.63) is 398 Å². The van der Waals surface area contributed by atoms with Crippen LogP contribution in [-0.4, -0.2) is 29.9 Å². The van der Waals surface area contributed by atoms with E-state index in [1.54, 1.807) is 67.3 Å². The van der Waals surface area contributed by atoms with Crippen molar-refractivity contribution in [2.45, 2.75) is 73.3 Å². The molecule has 0 amide bonds. The maximum Gasteiger partial charge on any atom is 0.0314 e. The maximum absolute atomic E-state index is 8.23. The van der Waals surface area contributed by atoms with Crippen LogP contribution in [-0.2, 0) is 92.2 Å². The van der Waals surface area contributed by atoms with Gasteiger partial charge < -0.3 is 29.9 Å². The molecule has 525 valence electrons. The summed E-state index contributed by atoms with van der Waals surface area (Å²) in [4.78, 5) is 26.2. The molecular weight excluding hydrogens is 1800 g/mol. The smallest absolute Gasteiger partial charge is 0.0314 e. The van der Waals surface area contributed by atoms with Gasteiger partial charge in [0, 0.05) is 133 Å².